The molecule has 0 saturated heterocycles. The number of hydrogen-bond donors (Lipinski definition) is 1. The van der Waals surface area contributed by atoms with Crippen molar-refractivity contribution in [2.45, 2.75) is 28.2 Å². The molecule has 9 heavy (non-hydrogen) atoms. The highest BCUT2D eigenvalue weighted by Crippen LogP contribution is 2.06. The molecule has 0 aliphatic rings. The van der Waals surface area contributed by atoms with Crippen molar-refractivity contribution in [2.75, 3.05) is 6.61 Å². The van der Waals surface area contributed by atoms with Crippen molar-refractivity contribution < 1.29 is 5.11 Å². The Labute approximate surface area is 58.4 Å². The smallest absolute Gasteiger partial charge is 0.0644 e. The fourth-order valence-corrected chi connectivity index (χ4v) is 0.607. The van der Waals surface area contributed by atoms with Crippen molar-refractivity contribution in [3.8, 4) is 0 Å². The first-order valence-electron chi connectivity index (χ1n) is 2.98. The second-order valence-corrected chi connectivity index (χ2v) is 2.18. The third-order valence-corrected chi connectivity index (χ3v) is 1.29. The van der Waals surface area contributed by atoms with E-state index in [1.807, 2.05) is 13.0 Å². The van der Waals surface area contributed by atoms with E-state index in [1.54, 1.807) is 0 Å². The van der Waals surface area contributed by atoms with E-state index in [-0.39, 0.29) is 14.0 Å². The molecule has 0 aromatic heterocycles. The van der Waals surface area contributed by atoms with Gasteiger partial charge in [0, 0.05) is 0 Å². The van der Waals surface area contributed by atoms with Crippen LogP contribution in [0.25, 0.3) is 0 Å². The number of aliphatic hydroxyl groups is 1. The van der Waals surface area contributed by atoms with E-state index in [0.29, 0.717) is 5.92 Å². The number of aliphatic hydroxyl groups excluding tert-OH is 1. The number of rotatable bonds is 2. The monoisotopic (exact) mass is 130 g/mol. The third kappa shape index (κ3) is 4.22. The highest BCUT2D eigenvalue weighted by atomic mass is 16.3. The SMILES string of the molecule is C.C/C=C(/CO)C(C)C. The average Bonchev–Trinajstić information content (AvgIpc) is 1.69. The van der Waals surface area contributed by atoms with Gasteiger partial charge in [0.25, 0.3) is 0 Å². The van der Waals surface area contributed by atoms with E-state index in [0.717, 1.165) is 5.57 Å². The van der Waals surface area contributed by atoms with Crippen molar-refractivity contribution in [1.29, 1.82) is 0 Å². The van der Waals surface area contributed by atoms with E-state index in [2.05, 4.69) is 13.8 Å². The molecule has 0 aliphatic carbocycles. The van der Waals surface area contributed by atoms with Crippen LogP contribution in [0.2, 0.25) is 0 Å². The first-order valence-corrected chi connectivity index (χ1v) is 2.98. The van der Waals surface area contributed by atoms with E-state index < -0.39 is 0 Å². The molecule has 0 fully saturated rings. The van der Waals surface area contributed by atoms with Gasteiger partial charge in [-0.3, -0.25) is 0 Å². The minimum Gasteiger partial charge on any atom is -0.392 e. The Bertz CT molecular complexity index is 82.6. The fourth-order valence-electron chi connectivity index (χ4n) is 0.607. The van der Waals surface area contributed by atoms with Crippen LogP contribution in [0.4, 0.5) is 0 Å². The quantitative estimate of drug-likeness (QED) is 0.568. The second kappa shape index (κ2) is 5.83. The Morgan fingerprint density at radius 3 is 2.00 bits per heavy atom. The van der Waals surface area contributed by atoms with Gasteiger partial charge in [0.1, 0.15) is 0 Å². The normalized spacial score (nSPS) is 11.4. The van der Waals surface area contributed by atoms with Crippen LogP contribution in [-0.2, 0) is 0 Å². The summed E-state index contributed by atoms with van der Waals surface area (Å²) in [7, 11) is 0. The van der Waals surface area contributed by atoms with Gasteiger partial charge in [-0.2, -0.15) is 0 Å². The van der Waals surface area contributed by atoms with Crippen molar-refractivity contribution in [2.24, 2.45) is 5.92 Å². The van der Waals surface area contributed by atoms with Gasteiger partial charge in [-0.15, -0.1) is 0 Å². The highest BCUT2D eigenvalue weighted by Gasteiger charge is 1.96. The average molecular weight is 130 g/mol. The molecule has 56 valence electrons. The molecule has 1 heteroatoms. The second-order valence-electron chi connectivity index (χ2n) is 2.18. The molecule has 1 N–H and O–H groups in total. The molecular formula is C8H18O. The van der Waals surface area contributed by atoms with E-state index >= 15 is 0 Å². The molecule has 0 rings (SSSR count). The highest BCUT2D eigenvalue weighted by molar-refractivity contribution is 5.02. The maximum atomic E-state index is 8.63. The summed E-state index contributed by atoms with van der Waals surface area (Å²) in [5.74, 6) is 0.491. The summed E-state index contributed by atoms with van der Waals surface area (Å²) in [5.41, 5.74) is 1.12. The summed E-state index contributed by atoms with van der Waals surface area (Å²) < 4.78 is 0. The first-order chi connectivity index (χ1) is 3.72. The summed E-state index contributed by atoms with van der Waals surface area (Å²) in [6, 6.07) is 0. The summed E-state index contributed by atoms with van der Waals surface area (Å²) in [4.78, 5) is 0. The van der Waals surface area contributed by atoms with E-state index in [4.69, 9.17) is 5.11 Å². The summed E-state index contributed by atoms with van der Waals surface area (Å²) in [6.45, 7) is 6.30. The van der Waals surface area contributed by atoms with Crippen LogP contribution in [0, 0.1) is 5.92 Å². The fraction of sp³-hybridized carbons (Fsp3) is 0.750. The zero-order valence-electron chi connectivity index (χ0n) is 5.81. The standard InChI is InChI=1S/C7H14O.CH4/c1-4-7(5-8)6(2)3;/h4,6,8H,5H2,1-3H3;1H4/b7-4-;. The molecule has 1 nitrogen and oxygen atoms in total. The summed E-state index contributed by atoms with van der Waals surface area (Å²) in [5, 5.41) is 8.63. The number of allylic oxidation sites excluding steroid dienone is 1. The van der Waals surface area contributed by atoms with Gasteiger partial charge in [-0.1, -0.05) is 27.4 Å². The number of hydrogen-bond acceptors (Lipinski definition) is 1. The van der Waals surface area contributed by atoms with Crippen LogP contribution in [0.5, 0.6) is 0 Å². The van der Waals surface area contributed by atoms with Gasteiger partial charge in [-0.05, 0) is 18.4 Å². The van der Waals surface area contributed by atoms with Crippen LogP contribution >= 0.6 is 0 Å². The Hall–Kier alpha value is -0.300. The van der Waals surface area contributed by atoms with Gasteiger partial charge in [0.15, 0.2) is 0 Å². The topological polar surface area (TPSA) is 20.2 Å². The molecule has 0 heterocycles. The van der Waals surface area contributed by atoms with Crippen molar-refractivity contribution in [3.63, 3.8) is 0 Å². The van der Waals surface area contributed by atoms with Gasteiger partial charge in [-0.25, -0.2) is 0 Å². The predicted octanol–water partition coefficient (Wildman–Crippen LogP) is 2.22. The zero-order chi connectivity index (χ0) is 6.57. The Balaban J connectivity index is 0. The largest absolute Gasteiger partial charge is 0.392 e. The van der Waals surface area contributed by atoms with Crippen molar-refractivity contribution in [1.82, 2.24) is 0 Å². The Morgan fingerprint density at radius 1 is 1.56 bits per heavy atom. The molecule has 0 amide bonds. The minimum atomic E-state index is 0. The van der Waals surface area contributed by atoms with Crippen LogP contribution in [-0.4, -0.2) is 11.7 Å². The molecule has 0 unspecified atom stereocenters. The zero-order valence-corrected chi connectivity index (χ0v) is 5.81. The van der Waals surface area contributed by atoms with Crippen LogP contribution < -0.4 is 0 Å². The minimum absolute atomic E-state index is 0. The van der Waals surface area contributed by atoms with Gasteiger partial charge in [0.2, 0.25) is 0 Å². The molecule has 0 aromatic carbocycles. The summed E-state index contributed by atoms with van der Waals surface area (Å²) in [6.07, 6.45) is 1.96. The van der Waals surface area contributed by atoms with Crippen LogP contribution in [0.3, 0.4) is 0 Å². The third-order valence-electron chi connectivity index (χ3n) is 1.29. The lowest BCUT2D eigenvalue weighted by Crippen LogP contribution is -1.97. The maximum absolute atomic E-state index is 8.63. The first kappa shape index (κ1) is 11.5. The Kier molecular flexibility index (Phi) is 7.44. The molecular weight excluding hydrogens is 112 g/mol. The maximum Gasteiger partial charge on any atom is 0.0644 e. The van der Waals surface area contributed by atoms with Gasteiger partial charge >= 0.3 is 0 Å². The summed E-state index contributed by atoms with van der Waals surface area (Å²) >= 11 is 0. The van der Waals surface area contributed by atoms with Gasteiger partial charge < -0.3 is 5.11 Å². The van der Waals surface area contributed by atoms with E-state index in [9.17, 15) is 0 Å². The lowest BCUT2D eigenvalue weighted by Gasteiger charge is -2.04. The predicted molar refractivity (Wildman–Crippen MR) is 42.4 cm³/mol. The molecule has 0 aromatic rings. The Morgan fingerprint density at radius 2 is 2.00 bits per heavy atom. The van der Waals surface area contributed by atoms with Crippen LogP contribution in [0.1, 0.15) is 28.2 Å². The molecule has 0 atom stereocenters. The van der Waals surface area contributed by atoms with Crippen LogP contribution in [0.15, 0.2) is 11.6 Å². The van der Waals surface area contributed by atoms with Gasteiger partial charge in [0.05, 0.1) is 6.61 Å². The van der Waals surface area contributed by atoms with Crippen molar-refractivity contribution in [3.05, 3.63) is 11.6 Å². The lowest BCUT2D eigenvalue weighted by atomic mass is 10.0. The molecule has 0 spiro atoms. The molecule has 0 bridgehead atoms. The lowest BCUT2D eigenvalue weighted by molar-refractivity contribution is 0.318. The van der Waals surface area contributed by atoms with Crippen molar-refractivity contribution >= 4 is 0 Å². The molecule has 0 saturated carbocycles. The molecule has 0 aliphatic heterocycles. The van der Waals surface area contributed by atoms with E-state index in [1.165, 1.54) is 0 Å². The molecule has 0 radical (unpaired) electrons.